The molecule has 1 unspecified atom stereocenters. The molecular weight excluding hydrogens is 200 g/mol. The highest BCUT2D eigenvalue weighted by Crippen LogP contribution is 2.14. The maximum atomic E-state index is 5.66. The highest BCUT2D eigenvalue weighted by molar-refractivity contribution is 4.74. The van der Waals surface area contributed by atoms with Gasteiger partial charge in [-0.25, -0.2) is 0 Å². The third kappa shape index (κ3) is 6.84. The van der Waals surface area contributed by atoms with Crippen LogP contribution in [0.4, 0.5) is 0 Å². The molecule has 1 atom stereocenters. The first-order valence-electron chi connectivity index (χ1n) is 6.51. The van der Waals surface area contributed by atoms with E-state index in [0.29, 0.717) is 0 Å². The van der Waals surface area contributed by atoms with Crippen LogP contribution in [-0.4, -0.2) is 19.5 Å². The van der Waals surface area contributed by atoms with E-state index in [2.05, 4.69) is 12.3 Å². The maximum absolute atomic E-state index is 5.66. The van der Waals surface area contributed by atoms with Crippen molar-refractivity contribution in [1.29, 1.82) is 0 Å². The minimum absolute atomic E-state index is 0.0810. The van der Waals surface area contributed by atoms with Crippen molar-refractivity contribution in [2.75, 3.05) is 13.2 Å². The summed E-state index contributed by atoms with van der Waals surface area (Å²) in [6.45, 7) is 5.27. The third-order valence-electron chi connectivity index (χ3n) is 2.83. The van der Waals surface area contributed by atoms with Crippen molar-refractivity contribution in [3.8, 4) is 0 Å². The molecule has 0 aliphatic carbocycles. The van der Waals surface area contributed by atoms with Crippen LogP contribution in [0.15, 0.2) is 18.4 Å². The van der Waals surface area contributed by atoms with E-state index in [0.717, 1.165) is 32.5 Å². The Balaban J connectivity index is 1.82. The van der Waals surface area contributed by atoms with Gasteiger partial charge in [0.15, 0.2) is 6.29 Å². The number of allylic oxidation sites excluding steroid dienone is 1. The Morgan fingerprint density at radius 2 is 2.12 bits per heavy atom. The van der Waals surface area contributed by atoms with Crippen LogP contribution in [0.1, 0.15) is 51.4 Å². The minimum atomic E-state index is 0.0810. The van der Waals surface area contributed by atoms with E-state index in [-0.39, 0.29) is 6.29 Å². The lowest BCUT2D eigenvalue weighted by atomic mass is 10.1. The summed E-state index contributed by atoms with van der Waals surface area (Å²) in [5, 5.41) is 0. The van der Waals surface area contributed by atoms with E-state index in [1.165, 1.54) is 32.1 Å². The van der Waals surface area contributed by atoms with Gasteiger partial charge < -0.3 is 9.47 Å². The molecule has 1 saturated heterocycles. The predicted molar refractivity (Wildman–Crippen MR) is 66.3 cm³/mol. The zero-order chi connectivity index (χ0) is 11.5. The Hall–Kier alpha value is -0.560. The van der Waals surface area contributed by atoms with Crippen molar-refractivity contribution in [1.82, 2.24) is 0 Å². The van der Waals surface area contributed by atoms with Gasteiger partial charge in [0.25, 0.3) is 0 Å². The summed E-state index contributed by atoms with van der Waals surface area (Å²) in [4.78, 5) is 0. The maximum Gasteiger partial charge on any atom is 0.157 e. The van der Waals surface area contributed by atoms with Crippen LogP contribution < -0.4 is 0 Å². The summed E-state index contributed by atoms with van der Waals surface area (Å²) in [7, 11) is 0. The number of ether oxygens (including phenoxy) is 2. The van der Waals surface area contributed by atoms with E-state index >= 15 is 0 Å². The summed E-state index contributed by atoms with van der Waals surface area (Å²) in [6, 6.07) is 0. The topological polar surface area (TPSA) is 18.5 Å². The van der Waals surface area contributed by atoms with Gasteiger partial charge in [-0.1, -0.05) is 19.4 Å². The standard InChI is InChI=1S/C14H24O2/c1-2-3-4-5-6-7-9-12-15-14-11-8-10-13-16-14/h3,14H,1,4-13H2. The Morgan fingerprint density at radius 1 is 1.25 bits per heavy atom. The number of unbranched alkanes of at least 4 members (excludes halogenated alkanes) is 4. The molecule has 1 aliphatic rings. The first-order valence-corrected chi connectivity index (χ1v) is 6.51. The van der Waals surface area contributed by atoms with Crippen molar-refractivity contribution < 1.29 is 9.47 Å². The Kier molecular flexibility index (Phi) is 8.15. The molecule has 0 aromatic heterocycles. The molecule has 1 rings (SSSR count). The fourth-order valence-corrected chi connectivity index (χ4v) is 1.86. The summed E-state index contributed by atoms with van der Waals surface area (Å²) in [5.74, 6) is 0. The molecule has 0 aromatic carbocycles. The van der Waals surface area contributed by atoms with Gasteiger partial charge in [0.2, 0.25) is 0 Å². The van der Waals surface area contributed by atoms with Gasteiger partial charge in [0.1, 0.15) is 0 Å². The van der Waals surface area contributed by atoms with E-state index < -0.39 is 0 Å². The molecular formula is C14H24O2. The zero-order valence-electron chi connectivity index (χ0n) is 10.2. The highest BCUT2D eigenvalue weighted by atomic mass is 16.7. The normalized spacial score (nSPS) is 20.4. The molecule has 2 heteroatoms. The second kappa shape index (κ2) is 9.65. The van der Waals surface area contributed by atoms with Gasteiger partial charge >= 0.3 is 0 Å². The first kappa shape index (κ1) is 13.5. The Bertz CT molecular complexity index is 201. The van der Waals surface area contributed by atoms with Gasteiger partial charge in [0, 0.05) is 13.2 Å². The lowest BCUT2D eigenvalue weighted by Crippen LogP contribution is -2.22. The van der Waals surface area contributed by atoms with E-state index in [1.54, 1.807) is 0 Å². The molecule has 0 aromatic rings. The molecule has 1 heterocycles. The quantitative estimate of drug-likeness (QED) is 0.461. The molecule has 0 saturated carbocycles. The van der Waals surface area contributed by atoms with Crippen LogP contribution >= 0.6 is 0 Å². The number of rotatable bonds is 8. The summed E-state index contributed by atoms with van der Waals surface area (Å²) < 4.78 is 11.2. The average molecular weight is 224 g/mol. The molecule has 1 fully saturated rings. The number of hydrogen-bond acceptors (Lipinski definition) is 2. The second-order valence-electron chi connectivity index (χ2n) is 4.28. The van der Waals surface area contributed by atoms with Gasteiger partial charge in [-0.15, -0.1) is 5.73 Å². The molecule has 0 spiro atoms. The predicted octanol–water partition coefficient (Wildman–Crippen LogP) is 3.82. The van der Waals surface area contributed by atoms with Gasteiger partial charge in [-0.3, -0.25) is 0 Å². The Morgan fingerprint density at radius 3 is 2.88 bits per heavy atom. The fourth-order valence-electron chi connectivity index (χ4n) is 1.86. The van der Waals surface area contributed by atoms with Crippen molar-refractivity contribution in [2.45, 2.75) is 57.7 Å². The summed E-state index contributed by atoms with van der Waals surface area (Å²) in [6.07, 6.45) is 11.6. The van der Waals surface area contributed by atoms with Crippen LogP contribution in [0.25, 0.3) is 0 Å². The zero-order valence-corrected chi connectivity index (χ0v) is 10.2. The van der Waals surface area contributed by atoms with Gasteiger partial charge in [0.05, 0.1) is 0 Å². The molecule has 0 radical (unpaired) electrons. The third-order valence-corrected chi connectivity index (χ3v) is 2.83. The van der Waals surface area contributed by atoms with Crippen molar-refractivity contribution in [3.05, 3.63) is 18.4 Å². The van der Waals surface area contributed by atoms with E-state index in [4.69, 9.17) is 9.47 Å². The average Bonchev–Trinajstić information content (AvgIpc) is 2.34. The van der Waals surface area contributed by atoms with Crippen LogP contribution in [0.3, 0.4) is 0 Å². The lowest BCUT2D eigenvalue weighted by Gasteiger charge is -2.22. The molecule has 92 valence electrons. The van der Waals surface area contributed by atoms with E-state index in [1.807, 2.05) is 6.08 Å². The van der Waals surface area contributed by atoms with Gasteiger partial charge in [-0.2, -0.15) is 0 Å². The van der Waals surface area contributed by atoms with Gasteiger partial charge in [-0.05, 0) is 44.6 Å². The summed E-state index contributed by atoms with van der Waals surface area (Å²) in [5.41, 5.74) is 2.80. The summed E-state index contributed by atoms with van der Waals surface area (Å²) >= 11 is 0. The Labute approximate surface area is 99.3 Å². The van der Waals surface area contributed by atoms with Crippen LogP contribution in [0, 0.1) is 0 Å². The van der Waals surface area contributed by atoms with Crippen LogP contribution in [0.2, 0.25) is 0 Å². The SMILES string of the molecule is C=C=CCCCCCCOC1CCCCO1. The molecule has 0 N–H and O–H groups in total. The lowest BCUT2D eigenvalue weighted by molar-refractivity contribution is -0.162. The molecule has 2 nitrogen and oxygen atoms in total. The molecule has 1 aliphatic heterocycles. The molecule has 0 amide bonds. The van der Waals surface area contributed by atoms with E-state index in [9.17, 15) is 0 Å². The minimum Gasteiger partial charge on any atom is -0.353 e. The molecule has 0 bridgehead atoms. The monoisotopic (exact) mass is 224 g/mol. The molecule has 16 heavy (non-hydrogen) atoms. The van der Waals surface area contributed by atoms with Crippen LogP contribution in [-0.2, 0) is 9.47 Å². The largest absolute Gasteiger partial charge is 0.353 e. The van der Waals surface area contributed by atoms with Crippen molar-refractivity contribution in [3.63, 3.8) is 0 Å². The van der Waals surface area contributed by atoms with Crippen molar-refractivity contribution >= 4 is 0 Å². The highest BCUT2D eigenvalue weighted by Gasteiger charge is 2.12. The smallest absolute Gasteiger partial charge is 0.157 e. The van der Waals surface area contributed by atoms with Crippen molar-refractivity contribution in [2.24, 2.45) is 0 Å². The van der Waals surface area contributed by atoms with Crippen LogP contribution in [0.5, 0.6) is 0 Å². The second-order valence-corrected chi connectivity index (χ2v) is 4.28. The first-order chi connectivity index (χ1) is 7.93. The number of hydrogen-bond donors (Lipinski definition) is 0. The fraction of sp³-hybridized carbons (Fsp3) is 0.786.